The molecule has 0 saturated carbocycles. The third-order valence-electron chi connectivity index (χ3n) is 10.3. The first-order valence-corrected chi connectivity index (χ1v) is 19.2. The number of hydrogen-bond donors (Lipinski definition) is 0. The lowest BCUT2D eigenvalue weighted by Crippen LogP contribution is -2.74. The Morgan fingerprint density at radius 2 is 1.16 bits per heavy atom. The van der Waals surface area contributed by atoms with Crippen LogP contribution in [0.4, 0.5) is 0 Å². The fourth-order valence-corrected chi connectivity index (χ4v) is 12.9. The summed E-state index contributed by atoms with van der Waals surface area (Å²) in [7, 11) is -2.82. The molecule has 0 N–H and O–H groups in total. The second-order valence-corrected chi connectivity index (χ2v) is 17.2. The highest BCUT2D eigenvalue weighted by molar-refractivity contribution is 7.20. The minimum absolute atomic E-state index is 0.401. The summed E-state index contributed by atoms with van der Waals surface area (Å²) in [6.45, 7) is 4.44. The van der Waals surface area contributed by atoms with Gasteiger partial charge in [-0.2, -0.15) is 5.26 Å². The van der Waals surface area contributed by atoms with E-state index >= 15 is 0 Å². The van der Waals surface area contributed by atoms with E-state index in [1.54, 1.807) is 0 Å². The van der Waals surface area contributed by atoms with Crippen LogP contribution in [0.1, 0.15) is 30.9 Å². The Labute approximate surface area is 292 Å². The van der Waals surface area contributed by atoms with Crippen molar-refractivity contribution >= 4 is 72.6 Å². The van der Waals surface area contributed by atoms with Gasteiger partial charge in [0, 0.05) is 27.2 Å². The van der Waals surface area contributed by atoms with Crippen LogP contribution in [0.25, 0.3) is 49.4 Å². The van der Waals surface area contributed by atoms with Gasteiger partial charge in [-0.15, -0.1) is 0 Å². The molecule has 3 nitrogen and oxygen atoms in total. The van der Waals surface area contributed by atoms with Gasteiger partial charge in [0.25, 0.3) is 0 Å². The van der Waals surface area contributed by atoms with Crippen molar-refractivity contribution in [1.82, 2.24) is 4.57 Å². The smallest absolute Gasteiger partial charge is 0.184 e. The second-order valence-electron chi connectivity index (χ2n) is 13.4. The lowest BCUT2D eigenvalue weighted by atomic mass is 10.0. The van der Waals surface area contributed by atoms with Gasteiger partial charge >= 0.3 is 0 Å². The lowest BCUT2D eigenvalue weighted by molar-refractivity contribution is 0.671. The van der Waals surface area contributed by atoms with E-state index in [0.717, 1.165) is 49.4 Å². The minimum Gasteiger partial charge on any atom is -0.456 e. The maximum atomic E-state index is 9.76. The first-order chi connectivity index (χ1) is 24.6. The molecule has 0 fully saturated rings. The predicted molar refractivity (Wildman–Crippen MR) is 210 cm³/mol. The molecule has 0 bridgehead atoms. The van der Waals surface area contributed by atoms with Gasteiger partial charge in [-0.25, -0.2) is 0 Å². The number of nitriles is 1. The Hall–Kier alpha value is -6.15. The van der Waals surface area contributed by atoms with Crippen LogP contribution in [0.15, 0.2) is 168 Å². The maximum absolute atomic E-state index is 9.76. The molecule has 0 atom stereocenters. The van der Waals surface area contributed by atoms with Crippen molar-refractivity contribution in [2.75, 3.05) is 0 Å². The molecule has 7 aromatic carbocycles. The first kappa shape index (κ1) is 29.9. The van der Waals surface area contributed by atoms with E-state index in [0.29, 0.717) is 11.5 Å². The summed E-state index contributed by atoms with van der Waals surface area (Å²) < 4.78 is 9.29. The maximum Gasteiger partial charge on any atom is 0.184 e. The topological polar surface area (TPSA) is 41.9 Å². The normalized spacial score (nSPS) is 12.0. The lowest BCUT2D eigenvalue weighted by Gasteiger charge is -2.34. The monoisotopic (exact) mass is 658 g/mol. The molecule has 0 spiro atoms. The molecule has 50 heavy (non-hydrogen) atoms. The van der Waals surface area contributed by atoms with Crippen molar-refractivity contribution in [3.05, 3.63) is 175 Å². The van der Waals surface area contributed by atoms with Crippen LogP contribution in [0.3, 0.4) is 0 Å². The molecule has 0 unspecified atom stereocenters. The second kappa shape index (κ2) is 11.8. The van der Waals surface area contributed by atoms with Gasteiger partial charge in [0.1, 0.15) is 11.2 Å². The summed E-state index contributed by atoms with van der Waals surface area (Å²) >= 11 is 0. The van der Waals surface area contributed by atoms with Crippen molar-refractivity contribution < 1.29 is 4.42 Å². The molecule has 2 heterocycles. The standard InChI is InChI=1S/C46H34N2OSi/c1-31(2)33-22-25-43-40(28-33)39-27-32(30-47)21-24-42(39)48(43)34-23-26-44-41(29-34)38-19-12-20-45(46(38)49-44)50(35-13-6-3-7-14-35,36-15-8-4-9-16-36)37-17-10-5-11-18-37/h3-29,31H,1-2H3. The van der Waals surface area contributed by atoms with Gasteiger partial charge in [-0.1, -0.05) is 129 Å². The molecule has 0 radical (unpaired) electrons. The zero-order valence-electron chi connectivity index (χ0n) is 28.0. The van der Waals surface area contributed by atoms with Crippen LogP contribution in [0.5, 0.6) is 0 Å². The van der Waals surface area contributed by atoms with E-state index in [2.05, 4.69) is 176 Å². The molecule has 2 aromatic heterocycles. The van der Waals surface area contributed by atoms with Crippen LogP contribution >= 0.6 is 0 Å². The van der Waals surface area contributed by atoms with Gasteiger partial charge in [-0.05, 0) is 80.8 Å². The van der Waals surface area contributed by atoms with E-state index in [-0.39, 0.29) is 0 Å². The Kier molecular flexibility index (Phi) is 7.05. The van der Waals surface area contributed by atoms with Crippen LogP contribution in [-0.4, -0.2) is 12.6 Å². The van der Waals surface area contributed by atoms with Crippen LogP contribution in [-0.2, 0) is 0 Å². The third-order valence-corrected chi connectivity index (χ3v) is 15.1. The van der Waals surface area contributed by atoms with E-state index < -0.39 is 8.07 Å². The number of hydrogen-bond acceptors (Lipinski definition) is 2. The third kappa shape index (κ3) is 4.48. The Balaban J connectivity index is 1.33. The average molecular weight is 659 g/mol. The summed E-state index contributed by atoms with van der Waals surface area (Å²) in [5.41, 5.74) is 7.01. The summed E-state index contributed by atoms with van der Waals surface area (Å²) in [6.07, 6.45) is 0. The molecule has 0 amide bonds. The molecule has 9 rings (SSSR count). The highest BCUT2D eigenvalue weighted by Gasteiger charge is 2.43. The number of rotatable bonds is 6. The van der Waals surface area contributed by atoms with Crippen molar-refractivity contribution in [2.24, 2.45) is 0 Å². The number of nitrogens with zero attached hydrogens (tertiary/aromatic N) is 2. The Morgan fingerprint density at radius 1 is 0.560 bits per heavy atom. The molecule has 0 saturated heterocycles. The zero-order valence-corrected chi connectivity index (χ0v) is 29.0. The van der Waals surface area contributed by atoms with Gasteiger partial charge in [0.15, 0.2) is 8.07 Å². The van der Waals surface area contributed by atoms with Crippen molar-refractivity contribution in [3.63, 3.8) is 0 Å². The molecule has 0 aliphatic carbocycles. The summed E-state index contributed by atoms with van der Waals surface area (Å²) in [5.74, 6) is 0.401. The van der Waals surface area contributed by atoms with E-state index in [1.165, 1.54) is 26.3 Å². The van der Waals surface area contributed by atoms with Crippen molar-refractivity contribution in [3.8, 4) is 11.8 Å². The molecule has 0 aliphatic heterocycles. The summed E-state index contributed by atoms with van der Waals surface area (Å²) in [6, 6.07) is 61.3. The summed E-state index contributed by atoms with van der Waals surface area (Å²) in [4.78, 5) is 0. The molecule has 9 aromatic rings. The van der Waals surface area contributed by atoms with E-state index in [9.17, 15) is 5.26 Å². The zero-order chi connectivity index (χ0) is 33.8. The average Bonchev–Trinajstić information content (AvgIpc) is 3.71. The van der Waals surface area contributed by atoms with E-state index in [4.69, 9.17) is 4.42 Å². The number of para-hydroxylation sites is 1. The highest BCUT2D eigenvalue weighted by atomic mass is 28.3. The minimum atomic E-state index is -2.82. The fourth-order valence-electron chi connectivity index (χ4n) is 8.00. The number of furan rings is 1. The van der Waals surface area contributed by atoms with Crippen LogP contribution in [0.2, 0.25) is 0 Å². The molecule has 238 valence electrons. The van der Waals surface area contributed by atoms with Gasteiger partial charge in [0.2, 0.25) is 0 Å². The van der Waals surface area contributed by atoms with Crippen molar-refractivity contribution in [2.45, 2.75) is 19.8 Å². The highest BCUT2D eigenvalue weighted by Crippen LogP contribution is 2.37. The van der Waals surface area contributed by atoms with Gasteiger partial charge < -0.3 is 8.98 Å². The van der Waals surface area contributed by atoms with E-state index in [1.807, 2.05) is 12.1 Å². The Morgan fingerprint density at radius 3 is 1.76 bits per heavy atom. The van der Waals surface area contributed by atoms with Crippen LogP contribution in [0, 0.1) is 11.3 Å². The van der Waals surface area contributed by atoms with Crippen LogP contribution < -0.4 is 20.7 Å². The predicted octanol–water partition coefficient (Wildman–Crippen LogP) is 9.06. The SMILES string of the molecule is CC(C)c1ccc2c(c1)c1cc(C#N)ccc1n2-c1ccc2oc3c([Si](c4ccccc4)(c4ccccc4)c4ccccc4)cccc3c2c1. The number of fused-ring (bicyclic) bond motifs is 6. The summed E-state index contributed by atoms with van der Waals surface area (Å²) in [5, 5.41) is 19.4. The largest absolute Gasteiger partial charge is 0.456 e. The molecular weight excluding hydrogens is 625 g/mol. The quantitative estimate of drug-likeness (QED) is 0.132. The molecular formula is C46H34N2OSi. The van der Waals surface area contributed by atoms with Gasteiger partial charge in [-0.3, -0.25) is 0 Å². The van der Waals surface area contributed by atoms with Gasteiger partial charge in [0.05, 0.1) is 22.7 Å². The number of aromatic nitrogens is 1. The van der Waals surface area contributed by atoms with Crippen molar-refractivity contribution in [1.29, 1.82) is 5.26 Å². The first-order valence-electron chi connectivity index (χ1n) is 17.2. The molecule has 4 heteroatoms. The fraction of sp³-hybridized carbons (Fsp3) is 0.0652. The molecule has 0 aliphatic rings. The Bertz CT molecular complexity index is 2640. The number of benzene rings is 7.